The normalized spacial score (nSPS) is 18.5. The number of carbonyl (C=O) groups excluding carboxylic acids is 1. The average Bonchev–Trinajstić information content (AvgIpc) is 3.51. The third-order valence-corrected chi connectivity index (χ3v) is 6.55. The maximum atomic E-state index is 12.5. The lowest BCUT2D eigenvalue weighted by Crippen LogP contribution is -2.38. The molecule has 0 radical (unpaired) electrons. The van der Waals surface area contributed by atoms with E-state index in [0.717, 1.165) is 29.8 Å². The van der Waals surface area contributed by atoms with Gasteiger partial charge >= 0.3 is 6.09 Å². The summed E-state index contributed by atoms with van der Waals surface area (Å²) in [5.41, 5.74) is 2.32. The summed E-state index contributed by atoms with van der Waals surface area (Å²) in [6, 6.07) is 30.8. The van der Waals surface area contributed by atoms with E-state index in [2.05, 4.69) is 41.3 Å². The number of amides is 1. The van der Waals surface area contributed by atoms with Crippen LogP contribution in [-0.2, 0) is 15.1 Å². The molecule has 0 aliphatic carbocycles. The molecule has 3 aromatic rings. The SMILES string of the molecule is O=C1O[C@H](COC(c2ccccc2)(c2ccccc2)c2ccccc2)CN1CN1CCCC1.S. The van der Waals surface area contributed by atoms with Crippen molar-refractivity contribution in [2.24, 2.45) is 0 Å². The number of ether oxygens (including phenoxy) is 2. The van der Waals surface area contributed by atoms with E-state index in [1.807, 2.05) is 54.6 Å². The summed E-state index contributed by atoms with van der Waals surface area (Å²) in [5, 5.41) is 0. The summed E-state index contributed by atoms with van der Waals surface area (Å²) >= 11 is 0. The highest BCUT2D eigenvalue weighted by Gasteiger charge is 2.40. The van der Waals surface area contributed by atoms with Crippen LogP contribution in [-0.4, -0.2) is 54.9 Å². The van der Waals surface area contributed by atoms with Crippen LogP contribution in [0.4, 0.5) is 4.79 Å². The number of hydrogen-bond donors (Lipinski definition) is 0. The summed E-state index contributed by atoms with van der Waals surface area (Å²) < 4.78 is 12.5. The van der Waals surface area contributed by atoms with Crippen molar-refractivity contribution in [1.82, 2.24) is 9.80 Å². The minimum atomic E-state index is -0.807. The molecule has 2 fully saturated rings. The van der Waals surface area contributed by atoms with Crippen LogP contribution in [0.15, 0.2) is 91.0 Å². The first kappa shape index (κ1) is 24.3. The number of nitrogens with zero attached hydrogens (tertiary/aromatic N) is 2. The Bertz CT molecular complexity index is 946. The van der Waals surface area contributed by atoms with E-state index in [1.165, 1.54) is 12.8 Å². The van der Waals surface area contributed by atoms with Gasteiger partial charge in [-0.2, -0.15) is 13.5 Å². The van der Waals surface area contributed by atoms with Gasteiger partial charge < -0.3 is 9.47 Å². The van der Waals surface area contributed by atoms with Gasteiger partial charge in [0.2, 0.25) is 0 Å². The van der Waals surface area contributed by atoms with Crippen molar-refractivity contribution in [3.8, 4) is 0 Å². The van der Waals surface area contributed by atoms with Gasteiger partial charge in [0.05, 0.1) is 19.8 Å². The number of likely N-dealkylation sites (tertiary alicyclic amines) is 1. The zero-order chi connectivity index (χ0) is 22.5. The molecule has 2 saturated heterocycles. The molecule has 2 aliphatic heterocycles. The molecular weight excluding hydrogens is 444 g/mol. The molecule has 6 heteroatoms. The minimum absolute atomic E-state index is 0. The van der Waals surface area contributed by atoms with E-state index in [0.29, 0.717) is 19.8 Å². The average molecular weight is 477 g/mol. The highest BCUT2D eigenvalue weighted by atomic mass is 32.1. The van der Waals surface area contributed by atoms with Crippen LogP contribution in [0, 0.1) is 0 Å². The van der Waals surface area contributed by atoms with Gasteiger partial charge in [-0.1, -0.05) is 91.0 Å². The van der Waals surface area contributed by atoms with E-state index in [9.17, 15) is 4.79 Å². The zero-order valence-corrected chi connectivity index (χ0v) is 20.3. The van der Waals surface area contributed by atoms with Gasteiger partial charge in [0.15, 0.2) is 0 Å². The Morgan fingerprint density at radius 1 is 0.794 bits per heavy atom. The van der Waals surface area contributed by atoms with Crippen LogP contribution in [0.5, 0.6) is 0 Å². The first-order valence-corrected chi connectivity index (χ1v) is 11.7. The van der Waals surface area contributed by atoms with Gasteiger partial charge in [-0.05, 0) is 42.6 Å². The summed E-state index contributed by atoms with van der Waals surface area (Å²) in [6.45, 7) is 3.58. The highest BCUT2D eigenvalue weighted by molar-refractivity contribution is 7.59. The van der Waals surface area contributed by atoms with Crippen molar-refractivity contribution in [1.29, 1.82) is 0 Å². The van der Waals surface area contributed by atoms with E-state index < -0.39 is 5.60 Å². The molecule has 178 valence electrons. The van der Waals surface area contributed by atoms with Crippen LogP contribution < -0.4 is 0 Å². The lowest BCUT2D eigenvalue weighted by Gasteiger charge is -2.36. The summed E-state index contributed by atoms with van der Waals surface area (Å²) in [5.74, 6) is 0. The van der Waals surface area contributed by atoms with Crippen LogP contribution in [0.1, 0.15) is 29.5 Å². The Morgan fingerprint density at radius 2 is 1.26 bits per heavy atom. The van der Waals surface area contributed by atoms with Crippen molar-refractivity contribution in [3.05, 3.63) is 108 Å². The fourth-order valence-electron chi connectivity index (χ4n) is 4.93. The molecule has 5 rings (SSSR count). The summed E-state index contributed by atoms with van der Waals surface area (Å²) in [7, 11) is 0. The van der Waals surface area contributed by atoms with E-state index >= 15 is 0 Å². The fourth-order valence-corrected chi connectivity index (χ4v) is 4.93. The van der Waals surface area contributed by atoms with Gasteiger partial charge in [0.25, 0.3) is 0 Å². The third-order valence-electron chi connectivity index (χ3n) is 6.55. The van der Waals surface area contributed by atoms with E-state index in [-0.39, 0.29) is 25.7 Å². The van der Waals surface area contributed by atoms with E-state index in [1.54, 1.807) is 4.90 Å². The molecule has 1 amide bonds. The second-order valence-electron chi connectivity index (χ2n) is 8.79. The zero-order valence-electron chi connectivity index (χ0n) is 19.3. The molecule has 34 heavy (non-hydrogen) atoms. The van der Waals surface area contributed by atoms with Gasteiger partial charge in [0, 0.05) is 0 Å². The van der Waals surface area contributed by atoms with Gasteiger partial charge in [0.1, 0.15) is 11.7 Å². The lowest BCUT2D eigenvalue weighted by molar-refractivity contribution is -0.0298. The van der Waals surface area contributed by atoms with Crippen LogP contribution in [0.2, 0.25) is 0 Å². The molecule has 0 N–H and O–H groups in total. The predicted molar refractivity (Wildman–Crippen MR) is 138 cm³/mol. The van der Waals surface area contributed by atoms with E-state index in [4.69, 9.17) is 9.47 Å². The maximum Gasteiger partial charge on any atom is 0.411 e. The number of rotatable bonds is 8. The molecule has 0 unspecified atom stereocenters. The standard InChI is InChI=1S/C28H30N2O3.H2S/c31-27-30(22-29-18-10-11-19-29)20-26(33-27)21-32-28(23-12-4-1-5-13-23,24-14-6-2-7-15-24)25-16-8-3-9-17-25;/h1-9,12-17,26H,10-11,18-22H2;1H2/t26-;/m0./s1. The predicted octanol–water partition coefficient (Wildman–Crippen LogP) is 4.98. The second kappa shape index (κ2) is 11.1. The molecule has 2 aliphatic rings. The molecule has 0 bridgehead atoms. The summed E-state index contributed by atoms with van der Waals surface area (Å²) in [4.78, 5) is 16.6. The molecule has 5 nitrogen and oxygen atoms in total. The molecule has 0 spiro atoms. The Labute approximate surface area is 208 Å². The van der Waals surface area contributed by atoms with Crippen molar-refractivity contribution >= 4 is 19.6 Å². The fraction of sp³-hybridized carbons (Fsp3) is 0.321. The number of carbonyl (C=O) groups is 1. The smallest absolute Gasteiger partial charge is 0.411 e. The van der Waals surface area contributed by atoms with Crippen molar-refractivity contribution < 1.29 is 14.3 Å². The lowest BCUT2D eigenvalue weighted by atomic mass is 9.80. The van der Waals surface area contributed by atoms with Crippen molar-refractivity contribution in [3.63, 3.8) is 0 Å². The van der Waals surface area contributed by atoms with Crippen molar-refractivity contribution in [2.75, 3.05) is 32.9 Å². The first-order chi connectivity index (χ1) is 16.3. The molecule has 1 atom stereocenters. The summed E-state index contributed by atoms with van der Waals surface area (Å²) in [6.07, 6.45) is 1.84. The molecule has 3 aromatic carbocycles. The minimum Gasteiger partial charge on any atom is -0.442 e. The number of hydrogen-bond acceptors (Lipinski definition) is 4. The first-order valence-electron chi connectivity index (χ1n) is 11.7. The quantitative estimate of drug-likeness (QED) is 0.430. The maximum absolute atomic E-state index is 12.5. The van der Waals surface area contributed by atoms with Gasteiger partial charge in [-0.3, -0.25) is 9.80 Å². The van der Waals surface area contributed by atoms with Crippen LogP contribution >= 0.6 is 13.5 Å². The van der Waals surface area contributed by atoms with Crippen LogP contribution in [0.3, 0.4) is 0 Å². The second-order valence-corrected chi connectivity index (χ2v) is 8.79. The Hall–Kier alpha value is -2.80. The van der Waals surface area contributed by atoms with Crippen molar-refractivity contribution in [2.45, 2.75) is 24.5 Å². The Balaban J connectivity index is 0.00000274. The molecule has 0 saturated carbocycles. The third kappa shape index (κ3) is 4.99. The monoisotopic (exact) mass is 476 g/mol. The van der Waals surface area contributed by atoms with Gasteiger partial charge in [-0.25, -0.2) is 4.79 Å². The highest BCUT2D eigenvalue weighted by Crippen LogP contribution is 2.40. The Morgan fingerprint density at radius 3 is 1.74 bits per heavy atom. The Kier molecular flexibility index (Phi) is 7.93. The topological polar surface area (TPSA) is 42.0 Å². The van der Waals surface area contributed by atoms with Crippen LogP contribution in [0.25, 0.3) is 0 Å². The number of cyclic esters (lactones) is 1. The molecule has 2 heterocycles. The molecule has 0 aromatic heterocycles. The number of benzene rings is 3. The van der Waals surface area contributed by atoms with Gasteiger partial charge in [-0.15, -0.1) is 0 Å². The largest absolute Gasteiger partial charge is 0.442 e. The molecular formula is C28H32N2O3S.